The Hall–Kier alpha value is -3.02. The van der Waals surface area contributed by atoms with Crippen LogP contribution in [0.25, 0.3) is 0 Å². The van der Waals surface area contributed by atoms with E-state index >= 15 is 0 Å². The molecule has 0 radical (unpaired) electrons. The number of carbonyl (C=O) groups is 2. The van der Waals surface area contributed by atoms with Crippen LogP contribution in [-0.4, -0.2) is 56.0 Å². The Morgan fingerprint density at radius 3 is 2.10 bits per heavy atom. The number of piperidine rings is 1. The summed E-state index contributed by atoms with van der Waals surface area (Å²) in [6, 6.07) is 15.3. The van der Waals surface area contributed by atoms with Gasteiger partial charge in [0.15, 0.2) is 0 Å². The number of likely N-dealkylation sites (tertiary alicyclic amines) is 1. The third-order valence-electron chi connectivity index (χ3n) is 5.41. The zero-order chi connectivity index (χ0) is 20.8. The van der Waals surface area contributed by atoms with Gasteiger partial charge < -0.3 is 19.3 Å². The van der Waals surface area contributed by atoms with Crippen LogP contribution in [0.15, 0.2) is 48.5 Å². The predicted octanol–water partition coefficient (Wildman–Crippen LogP) is 3.21. The van der Waals surface area contributed by atoms with Crippen molar-refractivity contribution in [2.24, 2.45) is 5.92 Å². The monoisotopic (exact) mass is 396 g/mol. The van der Waals surface area contributed by atoms with Gasteiger partial charge in [-0.2, -0.15) is 0 Å². The smallest absolute Gasteiger partial charge is 0.261 e. The van der Waals surface area contributed by atoms with Crippen molar-refractivity contribution in [1.29, 1.82) is 0 Å². The number of amides is 2. The lowest BCUT2D eigenvalue weighted by Gasteiger charge is -2.33. The van der Waals surface area contributed by atoms with Gasteiger partial charge in [-0.1, -0.05) is 36.4 Å². The molecule has 154 valence electrons. The quantitative estimate of drug-likeness (QED) is 0.752. The minimum atomic E-state index is -0.122. The molecule has 0 unspecified atom stereocenters. The van der Waals surface area contributed by atoms with Crippen LogP contribution in [0.4, 0.5) is 0 Å². The average molecular weight is 396 g/mol. The molecule has 1 aliphatic heterocycles. The van der Waals surface area contributed by atoms with E-state index in [-0.39, 0.29) is 17.7 Å². The van der Waals surface area contributed by atoms with E-state index in [9.17, 15) is 9.59 Å². The Morgan fingerprint density at radius 2 is 1.55 bits per heavy atom. The molecule has 1 heterocycles. The Labute approximate surface area is 172 Å². The van der Waals surface area contributed by atoms with Crippen molar-refractivity contribution in [2.75, 3.05) is 34.4 Å². The molecular formula is C23H28N2O4. The van der Waals surface area contributed by atoms with Crippen LogP contribution in [-0.2, 0) is 11.3 Å². The minimum Gasteiger partial charge on any atom is -0.496 e. The average Bonchev–Trinajstić information content (AvgIpc) is 2.78. The number of ether oxygens (including phenoxy) is 2. The van der Waals surface area contributed by atoms with Crippen LogP contribution in [0.2, 0.25) is 0 Å². The van der Waals surface area contributed by atoms with Gasteiger partial charge in [-0.25, -0.2) is 0 Å². The van der Waals surface area contributed by atoms with Gasteiger partial charge in [0.2, 0.25) is 5.91 Å². The van der Waals surface area contributed by atoms with Gasteiger partial charge in [0.1, 0.15) is 17.1 Å². The highest BCUT2D eigenvalue weighted by Gasteiger charge is 2.31. The molecule has 2 amide bonds. The lowest BCUT2D eigenvalue weighted by molar-refractivity contribution is -0.136. The van der Waals surface area contributed by atoms with E-state index < -0.39 is 0 Å². The zero-order valence-corrected chi connectivity index (χ0v) is 17.3. The highest BCUT2D eigenvalue weighted by atomic mass is 16.5. The third kappa shape index (κ3) is 4.70. The number of hydrogen-bond donors (Lipinski definition) is 0. The standard InChI is InChI=1S/C23H28N2O4/c1-24(16-17-8-5-4-6-9-17)22(26)18-12-14-25(15-13-18)23(27)21-19(28-2)10-7-11-20(21)29-3/h4-11,18H,12-16H2,1-3H3. The summed E-state index contributed by atoms with van der Waals surface area (Å²) in [6.07, 6.45) is 1.31. The van der Waals surface area contributed by atoms with Gasteiger partial charge in [0.25, 0.3) is 5.91 Å². The summed E-state index contributed by atoms with van der Waals surface area (Å²) in [6.45, 7) is 1.67. The van der Waals surface area contributed by atoms with Crippen molar-refractivity contribution in [3.63, 3.8) is 0 Å². The van der Waals surface area contributed by atoms with Crippen LogP contribution < -0.4 is 9.47 Å². The fourth-order valence-electron chi connectivity index (χ4n) is 3.80. The molecule has 1 saturated heterocycles. The summed E-state index contributed by atoms with van der Waals surface area (Å²) in [5, 5.41) is 0. The topological polar surface area (TPSA) is 59.1 Å². The van der Waals surface area contributed by atoms with Crippen molar-refractivity contribution in [3.8, 4) is 11.5 Å². The first-order valence-electron chi connectivity index (χ1n) is 9.84. The van der Waals surface area contributed by atoms with Crippen molar-refractivity contribution in [1.82, 2.24) is 9.80 Å². The molecule has 1 aliphatic rings. The second-order valence-electron chi connectivity index (χ2n) is 7.28. The number of carbonyl (C=O) groups excluding carboxylic acids is 2. The SMILES string of the molecule is COc1cccc(OC)c1C(=O)N1CCC(C(=O)N(C)Cc2ccccc2)CC1. The van der Waals surface area contributed by atoms with Gasteiger partial charge in [-0.3, -0.25) is 9.59 Å². The molecule has 6 nitrogen and oxygen atoms in total. The second-order valence-corrected chi connectivity index (χ2v) is 7.28. The fraction of sp³-hybridized carbons (Fsp3) is 0.391. The zero-order valence-electron chi connectivity index (χ0n) is 17.3. The molecule has 2 aromatic carbocycles. The van der Waals surface area contributed by atoms with Crippen LogP contribution in [0.1, 0.15) is 28.8 Å². The highest BCUT2D eigenvalue weighted by Crippen LogP contribution is 2.31. The molecule has 2 aromatic rings. The van der Waals surface area contributed by atoms with Crippen molar-refractivity contribution >= 4 is 11.8 Å². The summed E-state index contributed by atoms with van der Waals surface area (Å²) in [7, 11) is 4.92. The first-order chi connectivity index (χ1) is 14.0. The van der Waals surface area contributed by atoms with Crippen LogP contribution in [0.5, 0.6) is 11.5 Å². The maximum Gasteiger partial charge on any atom is 0.261 e. The van der Waals surface area contributed by atoms with E-state index in [2.05, 4.69) is 0 Å². The van der Waals surface area contributed by atoms with E-state index in [4.69, 9.17) is 9.47 Å². The highest BCUT2D eigenvalue weighted by molar-refractivity contribution is 6.00. The number of rotatable bonds is 6. The van der Waals surface area contributed by atoms with Gasteiger partial charge in [0.05, 0.1) is 14.2 Å². The summed E-state index contributed by atoms with van der Waals surface area (Å²) < 4.78 is 10.7. The molecule has 0 spiro atoms. The van der Waals surface area contributed by atoms with Gasteiger partial charge >= 0.3 is 0 Å². The van der Waals surface area contributed by atoms with E-state index in [1.165, 1.54) is 0 Å². The lowest BCUT2D eigenvalue weighted by Crippen LogP contribution is -2.43. The Bertz CT molecular complexity index is 823. The molecule has 0 bridgehead atoms. The molecule has 0 aliphatic carbocycles. The predicted molar refractivity (Wildman–Crippen MR) is 111 cm³/mol. The van der Waals surface area contributed by atoms with E-state index in [1.54, 1.807) is 42.2 Å². The molecule has 0 saturated carbocycles. The molecule has 1 fully saturated rings. The fourth-order valence-corrected chi connectivity index (χ4v) is 3.80. The number of methoxy groups -OCH3 is 2. The number of nitrogens with zero attached hydrogens (tertiary/aromatic N) is 2. The number of hydrogen-bond acceptors (Lipinski definition) is 4. The van der Waals surface area contributed by atoms with E-state index in [0.29, 0.717) is 49.5 Å². The summed E-state index contributed by atoms with van der Waals surface area (Å²) >= 11 is 0. The molecule has 0 N–H and O–H groups in total. The lowest BCUT2D eigenvalue weighted by atomic mass is 9.94. The molecular weight excluding hydrogens is 368 g/mol. The van der Waals surface area contributed by atoms with Crippen LogP contribution in [0.3, 0.4) is 0 Å². The summed E-state index contributed by atoms with van der Waals surface area (Å²) in [5.41, 5.74) is 1.54. The third-order valence-corrected chi connectivity index (χ3v) is 5.41. The molecule has 29 heavy (non-hydrogen) atoms. The molecule has 3 rings (SSSR count). The van der Waals surface area contributed by atoms with Crippen molar-refractivity contribution in [2.45, 2.75) is 19.4 Å². The van der Waals surface area contributed by atoms with Gasteiger partial charge in [-0.05, 0) is 30.5 Å². The van der Waals surface area contributed by atoms with E-state index in [0.717, 1.165) is 5.56 Å². The Morgan fingerprint density at radius 1 is 0.966 bits per heavy atom. The first kappa shape index (κ1) is 20.7. The number of benzene rings is 2. The summed E-state index contributed by atoms with van der Waals surface area (Å²) in [4.78, 5) is 29.5. The van der Waals surface area contributed by atoms with E-state index in [1.807, 2.05) is 37.4 Å². The normalized spacial score (nSPS) is 14.4. The Kier molecular flexibility index (Phi) is 6.75. The van der Waals surface area contributed by atoms with Gasteiger partial charge in [0, 0.05) is 32.6 Å². The Balaban J connectivity index is 1.62. The van der Waals surface area contributed by atoms with Gasteiger partial charge in [-0.15, -0.1) is 0 Å². The van der Waals surface area contributed by atoms with Crippen molar-refractivity contribution < 1.29 is 19.1 Å². The molecule has 0 atom stereocenters. The largest absolute Gasteiger partial charge is 0.496 e. The molecule has 6 heteroatoms. The van der Waals surface area contributed by atoms with Crippen LogP contribution in [0, 0.1) is 5.92 Å². The van der Waals surface area contributed by atoms with Crippen LogP contribution >= 0.6 is 0 Å². The summed E-state index contributed by atoms with van der Waals surface area (Å²) in [5.74, 6) is 0.941. The minimum absolute atomic E-state index is 0.0627. The molecule has 0 aromatic heterocycles. The first-order valence-corrected chi connectivity index (χ1v) is 9.84. The second kappa shape index (κ2) is 9.45. The maximum atomic E-state index is 13.1. The van der Waals surface area contributed by atoms with Crippen molar-refractivity contribution in [3.05, 3.63) is 59.7 Å². The maximum absolute atomic E-state index is 13.1.